The van der Waals surface area contributed by atoms with Gasteiger partial charge in [-0.3, -0.25) is 15.5 Å². The summed E-state index contributed by atoms with van der Waals surface area (Å²) in [6.45, 7) is 0. The first kappa shape index (κ1) is 15.7. The smallest absolute Gasteiger partial charge is 0.406 e. The van der Waals surface area contributed by atoms with Crippen molar-refractivity contribution in [3.8, 4) is 17.9 Å². The van der Waals surface area contributed by atoms with E-state index in [1.54, 1.807) is 0 Å². The van der Waals surface area contributed by atoms with E-state index in [1.165, 1.54) is 12.1 Å². The van der Waals surface area contributed by atoms with Crippen molar-refractivity contribution in [1.29, 1.82) is 10.5 Å². The molecule has 0 spiro atoms. The fourth-order valence-electron chi connectivity index (χ4n) is 1.15. The molecule has 8 nitrogen and oxygen atoms in total. The minimum Gasteiger partial charge on any atom is -0.406 e. The van der Waals surface area contributed by atoms with Gasteiger partial charge in [0.25, 0.3) is 5.69 Å². The van der Waals surface area contributed by atoms with E-state index in [0.717, 1.165) is 12.1 Å². The second-order valence-corrected chi connectivity index (χ2v) is 3.28. The third-order valence-electron chi connectivity index (χ3n) is 1.90. The van der Waals surface area contributed by atoms with Crippen LogP contribution in [-0.2, 0) is 0 Å². The van der Waals surface area contributed by atoms with E-state index in [2.05, 4.69) is 15.3 Å². The largest absolute Gasteiger partial charge is 0.573 e. The normalized spacial score (nSPS) is 9.95. The van der Waals surface area contributed by atoms with Crippen molar-refractivity contribution in [2.75, 3.05) is 5.43 Å². The van der Waals surface area contributed by atoms with Crippen molar-refractivity contribution in [2.24, 2.45) is 5.10 Å². The molecule has 0 aliphatic carbocycles. The molecule has 1 aromatic carbocycles. The molecule has 0 aromatic heterocycles. The summed E-state index contributed by atoms with van der Waals surface area (Å²) in [7, 11) is 0. The molecular formula is C10H4F3N5O3. The summed E-state index contributed by atoms with van der Waals surface area (Å²) in [6, 6.07) is 5.04. The molecule has 0 aliphatic rings. The molecule has 0 radical (unpaired) electrons. The molecule has 108 valence electrons. The number of anilines is 1. The Morgan fingerprint density at radius 3 is 2.48 bits per heavy atom. The maximum Gasteiger partial charge on any atom is 0.573 e. The van der Waals surface area contributed by atoms with Gasteiger partial charge in [0, 0.05) is 0 Å². The van der Waals surface area contributed by atoms with Crippen LogP contribution in [0.3, 0.4) is 0 Å². The fraction of sp³-hybridized carbons (Fsp3) is 0.100. The molecule has 0 saturated carbocycles. The number of nitro groups is 1. The van der Waals surface area contributed by atoms with Crippen LogP contribution in [-0.4, -0.2) is 17.0 Å². The molecule has 0 unspecified atom stereocenters. The Balaban J connectivity index is 3.12. The number of nitrogens with zero attached hydrogens (tertiary/aromatic N) is 4. The van der Waals surface area contributed by atoms with E-state index in [0.29, 0.717) is 6.07 Å². The average molecular weight is 299 g/mol. The maximum absolute atomic E-state index is 12.0. The summed E-state index contributed by atoms with van der Waals surface area (Å²) >= 11 is 0. The van der Waals surface area contributed by atoms with Gasteiger partial charge < -0.3 is 4.74 Å². The number of hydrazone groups is 1. The Hall–Kier alpha value is -3.34. The highest BCUT2D eigenvalue weighted by Crippen LogP contribution is 2.31. The zero-order chi connectivity index (χ0) is 16.0. The van der Waals surface area contributed by atoms with Crippen molar-refractivity contribution >= 4 is 17.1 Å². The van der Waals surface area contributed by atoms with E-state index in [4.69, 9.17) is 10.5 Å². The van der Waals surface area contributed by atoms with E-state index >= 15 is 0 Å². The predicted octanol–water partition coefficient (Wildman–Crippen LogP) is 2.31. The van der Waals surface area contributed by atoms with E-state index in [9.17, 15) is 23.3 Å². The number of benzene rings is 1. The van der Waals surface area contributed by atoms with Crippen molar-refractivity contribution in [2.45, 2.75) is 6.36 Å². The minimum atomic E-state index is -4.99. The highest BCUT2D eigenvalue weighted by atomic mass is 19.4. The van der Waals surface area contributed by atoms with Gasteiger partial charge in [0.05, 0.1) is 11.0 Å². The van der Waals surface area contributed by atoms with Gasteiger partial charge in [-0.15, -0.1) is 13.2 Å². The molecule has 0 atom stereocenters. The van der Waals surface area contributed by atoms with E-state index in [1.807, 2.05) is 0 Å². The highest BCUT2D eigenvalue weighted by Gasteiger charge is 2.32. The van der Waals surface area contributed by atoms with Crippen LogP contribution in [0.15, 0.2) is 23.3 Å². The van der Waals surface area contributed by atoms with Crippen LogP contribution in [0, 0.1) is 32.8 Å². The average Bonchev–Trinajstić information content (AvgIpc) is 2.39. The third kappa shape index (κ3) is 4.68. The molecule has 0 fully saturated rings. The number of halogens is 3. The summed E-state index contributed by atoms with van der Waals surface area (Å²) in [5.74, 6) is -0.787. The number of rotatable bonds is 4. The number of ether oxygens (including phenoxy) is 1. The summed E-state index contributed by atoms with van der Waals surface area (Å²) in [5, 5.41) is 30.9. The van der Waals surface area contributed by atoms with Gasteiger partial charge in [-0.2, -0.15) is 15.6 Å². The van der Waals surface area contributed by atoms with Crippen molar-refractivity contribution in [3.05, 3.63) is 28.3 Å². The monoisotopic (exact) mass is 299 g/mol. The lowest BCUT2D eigenvalue weighted by atomic mass is 10.2. The van der Waals surface area contributed by atoms with Crippen LogP contribution in [0.25, 0.3) is 0 Å². The first-order valence-corrected chi connectivity index (χ1v) is 4.95. The molecule has 1 rings (SSSR count). The van der Waals surface area contributed by atoms with Gasteiger partial charge in [0.1, 0.15) is 23.6 Å². The van der Waals surface area contributed by atoms with E-state index in [-0.39, 0.29) is 5.69 Å². The highest BCUT2D eigenvalue weighted by molar-refractivity contribution is 6.10. The quantitative estimate of drug-likeness (QED) is 0.516. The number of hydrogen-bond donors (Lipinski definition) is 1. The minimum absolute atomic E-state index is 0.308. The summed E-state index contributed by atoms with van der Waals surface area (Å²) < 4.78 is 39.6. The molecule has 0 amide bonds. The second-order valence-electron chi connectivity index (χ2n) is 3.28. The Morgan fingerprint density at radius 1 is 1.38 bits per heavy atom. The Labute approximate surface area is 114 Å². The Kier molecular flexibility index (Phi) is 4.64. The first-order valence-electron chi connectivity index (χ1n) is 4.95. The third-order valence-corrected chi connectivity index (χ3v) is 1.90. The Morgan fingerprint density at radius 2 is 2.00 bits per heavy atom. The summed E-state index contributed by atoms with van der Waals surface area (Å²) in [6.07, 6.45) is -4.99. The number of nitrogens with one attached hydrogen (secondary N) is 1. The molecule has 0 aliphatic heterocycles. The van der Waals surface area contributed by atoms with Crippen molar-refractivity contribution in [1.82, 2.24) is 0 Å². The molecule has 1 N–H and O–H groups in total. The number of nitro benzene ring substituents is 1. The zero-order valence-electron chi connectivity index (χ0n) is 9.88. The lowest BCUT2D eigenvalue weighted by Gasteiger charge is -2.09. The van der Waals surface area contributed by atoms with Crippen LogP contribution in [0.5, 0.6) is 5.75 Å². The molecule has 1 aromatic rings. The SMILES string of the molecule is N#CC(C#N)=NNc1ccc(OC(F)(F)F)cc1[N+](=O)[O-]. The van der Waals surface area contributed by atoms with Gasteiger partial charge in [0.15, 0.2) is 0 Å². The van der Waals surface area contributed by atoms with Gasteiger partial charge in [-0.05, 0) is 12.1 Å². The lowest BCUT2D eigenvalue weighted by Crippen LogP contribution is -2.17. The zero-order valence-corrected chi connectivity index (χ0v) is 9.88. The van der Waals surface area contributed by atoms with Crippen LogP contribution >= 0.6 is 0 Å². The fourth-order valence-corrected chi connectivity index (χ4v) is 1.15. The molecule has 0 bridgehead atoms. The number of nitriles is 2. The second kappa shape index (κ2) is 6.21. The Bertz CT molecular complexity index is 656. The van der Waals surface area contributed by atoms with Gasteiger partial charge in [0.2, 0.25) is 5.71 Å². The predicted molar refractivity (Wildman–Crippen MR) is 62.1 cm³/mol. The molecule has 21 heavy (non-hydrogen) atoms. The van der Waals surface area contributed by atoms with Crippen LogP contribution in [0.4, 0.5) is 24.5 Å². The van der Waals surface area contributed by atoms with Crippen LogP contribution in [0.2, 0.25) is 0 Å². The maximum atomic E-state index is 12.0. The summed E-state index contributed by atoms with van der Waals surface area (Å²) in [4.78, 5) is 9.80. The number of hydrogen-bond acceptors (Lipinski definition) is 7. The molecule has 0 heterocycles. The van der Waals surface area contributed by atoms with Gasteiger partial charge >= 0.3 is 6.36 Å². The standard InChI is InChI=1S/C10H4F3N5O3/c11-10(12,13)21-7-1-2-8(9(3-7)18(19)20)17-16-6(4-14)5-15/h1-3,17H. The number of alkyl halides is 3. The van der Waals surface area contributed by atoms with Crippen molar-refractivity contribution in [3.63, 3.8) is 0 Å². The first-order chi connectivity index (χ1) is 9.76. The van der Waals surface area contributed by atoms with Gasteiger partial charge in [-0.25, -0.2) is 0 Å². The summed E-state index contributed by atoms with van der Waals surface area (Å²) in [5.41, 5.74) is 0.364. The topological polar surface area (TPSA) is 124 Å². The molecular weight excluding hydrogens is 295 g/mol. The van der Waals surface area contributed by atoms with Crippen LogP contribution in [0.1, 0.15) is 0 Å². The van der Waals surface area contributed by atoms with Crippen LogP contribution < -0.4 is 10.2 Å². The molecule has 11 heteroatoms. The van der Waals surface area contributed by atoms with E-state index < -0.39 is 28.4 Å². The van der Waals surface area contributed by atoms with Gasteiger partial charge in [-0.1, -0.05) is 0 Å². The lowest BCUT2D eigenvalue weighted by molar-refractivity contribution is -0.384. The molecule has 0 saturated heterocycles. The van der Waals surface area contributed by atoms with Crippen molar-refractivity contribution < 1.29 is 22.8 Å².